The number of hydrogen-bond acceptors (Lipinski definition) is 5. The van der Waals surface area contributed by atoms with E-state index in [4.69, 9.17) is 16.3 Å². The normalized spacial score (nSPS) is 24.4. The zero-order valence-electron chi connectivity index (χ0n) is 16.4. The second kappa shape index (κ2) is 7.76. The lowest BCUT2D eigenvalue weighted by Gasteiger charge is -2.36. The van der Waals surface area contributed by atoms with Gasteiger partial charge in [0.1, 0.15) is 12.4 Å². The third-order valence-electron chi connectivity index (χ3n) is 6.12. The Balaban J connectivity index is 1.36. The van der Waals surface area contributed by atoms with Gasteiger partial charge in [0.2, 0.25) is 5.88 Å². The van der Waals surface area contributed by atoms with Crippen LogP contribution in [-0.2, 0) is 6.54 Å². The van der Waals surface area contributed by atoms with E-state index < -0.39 is 0 Å². The Bertz CT molecular complexity index is 984. The summed E-state index contributed by atoms with van der Waals surface area (Å²) in [5.41, 5.74) is 2.33. The molecule has 0 spiro atoms. The lowest BCUT2D eigenvalue weighted by atomic mass is 9.81. The standard InChI is InChI=1S/C22H24ClN5O/c1-27-13-16-12-17(23)7-10-19(16)28-14-25-26-22(28)21(27)15-5-8-18(9-6-15)29-20-4-2-3-11-24-20/h2-4,7,10-12,14-15,18,21H,5-6,8-9,13H2,1H3. The van der Waals surface area contributed by atoms with Gasteiger partial charge in [-0.15, -0.1) is 10.2 Å². The molecule has 1 aromatic carbocycles. The topological polar surface area (TPSA) is 56.1 Å². The van der Waals surface area contributed by atoms with Crippen molar-refractivity contribution in [2.24, 2.45) is 5.92 Å². The van der Waals surface area contributed by atoms with Crippen LogP contribution in [0.25, 0.3) is 5.69 Å². The van der Waals surface area contributed by atoms with Crippen LogP contribution >= 0.6 is 11.6 Å². The molecule has 29 heavy (non-hydrogen) atoms. The van der Waals surface area contributed by atoms with Crippen LogP contribution in [0.15, 0.2) is 48.9 Å². The number of pyridine rings is 1. The number of rotatable bonds is 3. The highest BCUT2D eigenvalue weighted by Crippen LogP contribution is 2.41. The van der Waals surface area contributed by atoms with Gasteiger partial charge >= 0.3 is 0 Å². The van der Waals surface area contributed by atoms with Gasteiger partial charge in [0.05, 0.1) is 11.7 Å². The first-order valence-electron chi connectivity index (χ1n) is 10.2. The van der Waals surface area contributed by atoms with Crippen molar-refractivity contribution in [2.45, 2.75) is 44.4 Å². The summed E-state index contributed by atoms with van der Waals surface area (Å²) >= 11 is 6.27. The molecule has 0 amide bonds. The van der Waals surface area contributed by atoms with Crippen molar-refractivity contribution >= 4 is 11.6 Å². The van der Waals surface area contributed by atoms with Crippen LogP contribution in [-0.4, -0.2) is 37.8 Å². The number of nitrogens with zero attached hydrogens (tertiary/aromatic N) is 5. The fraction of sp³-hybridized carbons (Fsp3) is 0.409. The van der Waals surface area contributed by atoms with Crippen LogP contribution in [0.2, 0.25) is 5.02 Å². The van der Waals surface area contributed by atoms with Gasteiger partial charge in [0.15, 0.2) is 5.82 Å². The Hall–Kier alpha value is -2.44. The third kappa shape index (κ3) is 3.63. The molecule has 3 heterocycles. The molecule has 1 saturated carbocycles. The van der Waals surface area contributed by atoms with Crippen molar-refractivity contribution in [3.63, 3.8) is 0 Å². The Kier molecular flexibility index (Phi) is 4.97. The van der Waals surface area contributed by atoms with Gasteiger partial charge in [-0.05, 0) is 68.5 Å². The predicted molar refractivity (Wildman–Crippen MR) is 111 cm³/mol. The summed E-state index contributed by atoms with van der Waals surface area (Å²) < 4.78 is 8.22. The zero-order chi connectivity index (χ0) is 19.8. The van der Waals surface area contributed by atoms with Crippen LogP contribution in [0.3, 0.4) is 0 Å². The molecule has 150 valence electrons. The summed E-state index contributed by atoms with van der Waals surface area (Å²) in [7, 11) is 2.18. The Morgan fingerprint density at radius 2 is 1.97 bits per heavy atom. The molecule has 2 aliphatic rings. The highest BCUT2D eigenvalue weighted by molar-refractivity contribution is 6.30. The molecule has 0 bridgehead atoms. The first-order valence-corrected chi connectivity index (χ1v) is 10.5. The van der Waals surface area contributed by atoms with Crippen molar-refractivity contribution in [1.29, 1.82) is 0 Å². The number of halogens is 1. The minimum Gasteiger partial charge on any atom is -0.474 e. The number of hydrogen-bond donors (Lipinski definition) is 0. The lowest BCUT2D eigenvalue weighted by Crippen LogP contribution is -2.35. The van der Waals surface area contributed by atoms with Crippen molar-refractivity contribution in [3.8, 4) is 11.6 Å². The average Bonchev–Trinajstić information content (AvgIpc) is 3.15. The summed E-state index contributed by atoms with van der Waals surface area (Å²) in [6.07, 6.45) is 8.07. The van der Waals surface area contributed by atoms with Crippen LogP contribution in [0.5, 0.6) is 5.88 Å². The van der Waals surface area contributed by atoms with Crippen LogP contribution in [0, 0.1) is 5.92 Å². The molecule has 2 aromatic heterocycles. The van der Waals surface area contributed by atoms with Crippen LogP contribution in [0.4, 0.5) is 0 Å². The fourth-order valence-electron chi connectivity index (χ4n) is 4.79. The minimum atomic E-state index is 0.222. The number of aromatic nitrogens is 4. The van der Waals surface area contributed by atoms with Crippen LogP contribution < -0.4 is 4.74 Å². The van der Waals surface area contributed by atoms with Crippen LogP contribution in [0.1, 0.15) is 43.1 Å². The lowest BCUT2D eigenvalue weighted by molar-refractivity contribution is 0.0765. The first-order chi connectivity index (χ1) is 14.2. The van der Waals surface area contributed by atoms with E-state index in [2.05, 4.69) is 43.8 Å². The van der Waals surface area contributed by atoms with Gasteiger partial charge in [-0.1, -0.05) is 17.7 Å². The van der Waals surface area contributed by atoms with Gasteiger partial charge in [-0.2, -0.15) is 0 Å². The van der Waals surface area contributed by atoms with E-state index >= 15 is 0 Å². The largest absolute Gasteiger partial charge is 0.474 e. The number of fused-ring (bicyclic) bond motifs is 3. The third-order valence-corrected chi connectivity index (χ3v) is 6.36. The average molecular weight is 410 g/mol. The molecular formula is C22H24ClN5O. The second-order valence-electron chi connectivity index (χ2n) is 8.01. The van der Waals surface area contributed by atoms with Gasteiger partial charge in [0, 0.05) is 23.8 Å². The summed E-state index contributed by atoms with van der Waals surface area (Å²) in [5.74, 6) is 2.24. The summed E-state index contributed by atoms with van der Waals surface area (Å²) in [6.45, 7) is 0.842. The fourth-order valence-corrected chi connectivity index (χ4v) is 4.99. The molecule has 1 fully saturated rings. The maximum absolute atomic E-state index is 6.27. The minimum absolute atomic E-state index is 0.222. The molecule has 1 aliphatic heterocycles. The Morgan fingerprint density at radius 3 is 2.76 bits per heavy atom. The van der Waals surface area contributed by atoms with E-state index in [0.29, 0.717) is 5.92 Å². The van der Waals surface area contributed by atoms with E-state index in [1.807, 2.05) is 30.6 Å². The summed E-state index contributed by atoms with van der Waals surface area (Å²) in [5, 5.41) is 9.53. The molecule has 5 rings (SSSR count). The van der Waals surface area contributed by atoms with Crippen molar-refractivity contribution in [3.05, 3.63) is 65.3 Å². The molecule has 3 aromatic rings. The SMILES string of the molecule is CN1Cc2cc(Cl)ccc2-n2cnnc2C1C1CCC(Oc2ccccn2)CC1. The highest BCUT2D eigenvalue weighted by Gasteiger charge is 2.37. The molecule has 6 nitrogen and oxygen atoms in total. The molecule has 0 N–H and O–H groups in total. The molecule has 1 aliphatic carbocycles. The maximum atomic E-state index is 6.27. The van der Waals surface area contributed by atoms with Gasteiger partial charge < -0.3 is 4.74 Å². The first kappa shape index (κ1) is 18.6. The van der Waals surface area contributed by atoms with Crippen molar-refractivity contribution in [2.75, 3.05) is 7.05 Å². The smallest absolute Gasteiger partial charge is 0.213 e. The van der Waals surface area contributed by atoms with E-state index in [-0.39, 0.29) is 12.1 Å². The Morgan fingerprint density at radius 1 is 1.10 bits per heavy atom. The van der Waals surface area contributed by atoms with Crippen molar-refractivity contribution in [1.82, 2.24) is 24.6 Å². The zero-order valence-corrected chi connectivity index (χ0v) is 17.2. The second-order valence-corrected chi connectivity index (χ2v) is 8.45. The summed E-state index contributed by atoms with van der Waals surface area (Å²) in [4.78, 5) is 6.69. The van der Waals surface area contributed by atoms with E-state index in [1.54, 1.807) is 6.20 Å². The molecule has 1 unspecified atom stereocenters. The van der Waals surface area contributed by atoms with Gasteiger partial charge in [0.25, 0.3) is 0 Å². The van der Waals surface area contributed by atoms with E-state index in [9.17, 15) is 0 Å². The summed E-state index contributed by atoms with van der Waals surface area (Å²) in [6, 6.07) is 12.1. The molecule has 0 radical (unpaired) electrons. The predicted octanol–water partition coefficient (Wildman–Crippen LogP) is 4.44. The maximum Gasteiger partial charge on any atom is 0.213 e. The van der Waals surface area contributed by atoms with Gasteiger partial charge in [-0.3, -0.25) is 9.47 Å². The molecular weight excluding hydrogens is 386 g/mol. The quantitative estimate of drug-likeness (QED) is 0.640. The number of ether oxygens (including phenoxy) is 1. The molecule has 1 atom stereocenters. The highest BCUT2D eigenvalue weighted by atomic mass is 35.5. The molecule has 0 saturated heterocycles. The van der Waals surface area contributed by atoms with Gasteiger partial charge in [-0.25, -0.2) is 4.98 Å². The Labute approximate surface area is 175 Å². The van der Waals surface area contributed by atoms with Crippen molar-refractivity contribution < 1.29 is 4.74 Å². The number of benzene rings is 1. The van der Waals surface area contributed by atoms with E-state index in [1.165, 1.54) is 5.56 Å². The molecule has 7 heteroatoms. The monoisotopic (exact) mass is 409 g/mol. The van der Waals surface area contributed by atoms with E-state index in [0.717, 1.165) is 54.6 Å².